The molecule has 0 unspecified atom stereocenters. The molecule has 6 heterocycles. The molecule has 3 fully saturated rings. The predicted molar refractivity (Wildman–Crippen MR) is 366 cm³/mol. The second-order valence-electron chi connectivity index (χ2n) is 27.5. The second kappa shape index (κ2) is 33.0. The van der Waals surface area contributed by atoms with Gasteiger partial charge in [-0.25, -0.2) is 0 Å². The zero-order chi connectivity index (χ0) is 63.6. The maximum atomic E-state index is 13.2. The van der Waals surface area contributed by atoms with Gasteiger partial charge in [0.15, 0.2) is 0 Å². The predicted octanol–water partition coefficient (Wildman–Crippen LogP) is 13.7. The molecule has 0 aliphatic carbocycles. The summed E-state index contributed by atoms with van der Waals surface area (Å²) in [7, 11) is 0. The molecule has 12 nitrogen and oxygen atoms in total. The van der Waals surface area contributed by atoms with E-state index in [1.807, 2.05) is 32.9 Å². The Balaban J connectivity index is 0.000000150. The van der Waals surface area contributed by atoms with Crippen LogP contribution in [0.2, 0.25) is 0 Å². The van der Waals surface area contributed by atoms with Crippen LogP contribution in [-0.2, 0) is 53.3 Å². The summed E-state index contributed by atoms with van der Waals surface area (Å²) in [5, 5.41) is 0. The maximum Gasteiger partial charge on any atom is 0.224 e. The Morgan fingerprint density at radius 1 is 0.396 bits per heavy atom. The van der Waals surface area contributed by atoms with Crippen molar-refractivity contribution in [3.05, 3.63) is 196 Å². The first-order valence-corrected chi connectivity index (χ1v) is 34.5. The van der Waals surface area contributed by atoms with E-state index in [-0.39, 0.29) is 42.0 Å². The fourth-order valence-electron chi connectivity index (χ4n) is 14.3. The minimum Gasteiger partial charge on any atom is -0.491 e. The molecule has 0 bridgehead atoms. The van der Waals surface area contributed by atoms with Crippen molar-refractivity contribution in [2.75, 3.05) is 72.1 Å². The summed E-state index contributed by atoms with van der Waals surface area (Å²) < 4.78 is 18.0. The van der Waals surface area contributed by atoms with E-state index in [4.69, 9.17) is 14.2 Å². The Bertz CT molecular complexity index is 3100. The van der Waals surface area contributed by atoms with E-state index in [1.165, 1.54) is 91.2 Å². The molecule has 3 amide bonds. The van der Waals surface area contributed by atoms with Crippen LogP contribution >= 0.6 is 0 Å². The fraction of sp³-hybridized carbons (Fsp3) is 0.506. The Morgan fingerprint density at radius 2 is 0.703 bits per heavy atom. The van der Waals surface area contributed by atoms with E-state index >= 15 is 0 Å². The molecule has 12 rings (SSSR count). The molecule has 12 heteroatoms. The molecule has 0 radical (unpaired) electrons. The van der Waals surface area contributed by atoms with E-state index in [9.17, 15) is 14.4 Å². The first-order valence-electron chi connectivity index (χ1n) is 34.5. The number of carbonyl (C=O) groups excluding carboxylic acids is 3. The highest BCUT2D eigenvalue weighted by Crippen LogP contribution is 2.32. The molecular formula is C79H104N6O6. The van der Waals surface area contributed by atoms with Gasteiger partial charge in [-0.2, -0.15) is 0 Å². The highest BCUT2D eigenvalue weighted by molar-refractivity contribution is 5.78. The largest absolute Gasteiger partial charge is 0.491 e. The number of aryl methyl sites for hydroxylation is 3. The van der Waals surface area contributed by atoms with Gasteiger partial charge in [0, 0.05) is 75.2 Å². The summed E-state index contributed by atoms with van der Waals surface area (Å²) in [5.41, 5.74) is 11.3. The molecular weight excluding hydrogens is 1130 g/mol. The van der Waals surface area contributed by atoms with E-state index in [1.54, 1.807) is 0 Å². The maximum absolute atomic E-state index is 13.2. The van der Waals surface area contributed by atoms with Gasteiger partial charge >= 0.3 is 0 Å². The van der Waals surface area contributed by atoms with Gasteiger partial charge < -0.3 is 43.6 Å². The fourth-order valence-corrected chi connectivity index (χ4v) is 14.3. The standard InChI is InChI=1S/C27H36N2O2.2C26H34N2O2/c1-20-9-10-26-25(17-20)19-29(21(2)22(3)31-26)27(30)13-16-28-14-11-24(12-15-28)18-23-7-5-4-6-8-23;2*1-20-8-9-25-24(16-20)18-28(21(2)19-30-25)26(29)12-15-27-13-10-23(11-14-27)17-22-6-4-3-5-7-22/h4-10,17,21-22,24H,11-16,18-19H2,1-3H3;2*3-9,16,21,23H,10-15,17-19H2,1-2H3/t21-,22+;2*21-/m010/s1. The number of carbonyl (C=O) groups is 3. The molecule has 0 saturated carbocycles. The molecule has 0 spiro atoms. The minimum absolute atomic E-state index is 0.0124. The number of likely N-dealkylation sites (tertiary alicyclic amines) is 3. The van der Waals surface area contributed by atoms with Crippen LogP contribution in [0.15, 0.2) is 146 Å². The Labute approximate surface area is 545 Å². The van der Waals surface area contributed by atoms with Crippen molar-refractivity contribution in [1.82, 2.24) is 29.4 Å². The van der Waals surface area contributed by atoms with E-state index in [0.717, 1.165) is 111 Å². The lowest BCUT2D eigenvalue weighted by molar-refractivity contribution is -0.136. The van der Waals surface area contributed by atoms with Crippen molar-refractivity contribution in [1.29, 1.82) is 0 Å². The third kappa shape index (κ3) is 19.5. The molecule has 4 atom stereocenters. The summed E-state index contributed by atoms with van der Waals surface area (Å²) in [6.45, 7) is 26.9. The van der Waals surface area contributed by atoms with Gasteiger partial charge in [-0.3, -0.25) is 14.4 Å². The van der Waals surface area contributed by atoms with Gasteiger partial charge in [0.1, 0.15) is 36.6 Å². The van der Waals surface area contributed by atoms with Crippen molar-refractivity contribution in [3.63, 3.8) is 0 Å². The van der Waals surface area contributed by atoms with Gasteiger partial charge in [0.2, 0.25) is 17.7 Å². The molecule has 6 aliphatic rings. The molecule has 6 aromatic carbocycles. The van der Waals surface area contributed by atoms with Gasteiger partial charge in [0.05, 0.1) is 18.1 Å². The number of amides is 3. The summed E-state index contributed by atoms with van der Waals surface area (Å²) in [6, 6.07) is 51.5. The van der Waals surface area contributed by atoms with Crippen molar-refractivity contribution in [2.24, 2.45) is 17.8 Å². The van der Waals surface area contributed by atoms with Crippen LogP contribution in [0.4, 0.5) is 0 Å². The Hall–Kier alpha value is -6.99. The van der Waals surface area contributed by atoms with Gasteiger partial charge in [-0.15, -0.1) is 0 Å². The number of ether oxygens (including phenoxy) is 3. The van der Waals surface area contributed by atoms with Crippen molar-refractivity contribution in [2.45, 2.75) is 169 Å². The minimum atomic E-state index is -0.0124. The van der Waals surface area contributed by atoms with Gasteiger partial charge in [-0.05, 0) is 198 Å². The highest BCUT2D eigenvalue weighted by Gasteiger charge is 2.33. The lowest BCUT2D eigenvalue weighted by atomic mass is 9.90. The molecule has 6 aromatic rings. The van der Waals surface area contributed by atoms with Crippen LogP contribution in [0.1, 0.15) is 136 Å². The Kier molecular flexibility index (Phi) is 24.3. The SMILES string of the molecule is Cc1ccc2c(c1)CN(C(=O)CCN1CCC(Cc3ccccc3)CC1)[C@@H](C)CO2.Cc1ccc2c(c1)CN(C(=O)CCN1CCC(Cc3ccccc3)CC1)[C@@H](C)[C@@H](C)O2.Cc1ccc2c(c1)CN(C(=O)CCN1CCC(Cc3ccccc3)CC1)[C@H](C)CO2. The van der Waals surface area contributed by atoms with Crippen molar-refractivity contribution in [3.8, 4) is 17.2 Å². The summed E-state index contributed by atoms with van der Waals surface area (Å²) in [6.07, 6.45) is 12.6. The van der Waals surface area contributed by atoms with E-state index in [0.29, 0.717) is 52.1 Å². The lowest BCUT2D eigenvalue weighted by Gasteiger charge is -2.34. The first-order chi connectivity index (χ1) is 44.2. The molecule has 3 saturated heterocycles. The summed E-state index contributed by atoms with van der Waals surface area (Å²) in [4.78, 5) is 52.7. The second-order valence-corrected chi connectivity index (χ2v) is 27.5. The van der Waals surface area contributed by atoms with E-state index < -0.39 is 0 Å². The molecule has 0 aromatic heterocycles. The molecule has 6 aliphatic heterocycles. The molecule has 486 valence electrons. The average Bonchev–Trinajstić information content (AvgIpc) is 2.15. The van der Waals surface area contributed by atoms with Crippen LogP contribution in [0.3, 0.4) is 0 Å². The quantitative estimate of drug-likeness (QED) is 0.0995. The topological polar surface area (TPSA) is 98.3 Å². The number of rotatable bonds is 15. The van der Waals surface area contributed by atoms with Crippen LogP contribution < -0.4 is 14.2 Å². The number of hydrogen-bond donors (Lipinski definition) is 0. The van der Waals surface area contributed by atoms with E-state index in [2.05, 4.69) is 191 Å². The molecule has 91 heavy (non-hydrogen) atoms. The van der Waals surface area contributed by atoms with Crippen LogP contribution in [-0.4, -0.2) is 143 Å². The number of piperidine rings is 3. The monoisotopic (exact) mass is 1230 g/mol. The summed E-state index contributed by atoms with van der Waals surface area (Å²) >= 11 is 0. The number of benzene rings is 6. The number of fused-ring (bicyclic) bond motifs is 3. The third-order valence-electron chi connectivity index (χ3n) is 20.3. The van der Waals surface area contributed by atoms with Crippen LogP contribution in [0.25, 0.3) is 0 Å². The smallest absolute Gasteiger partial charge is 0.224 e. The van der Waals surface area contributed by atoms with Crippen molar-refractivity contribution < 1.29 is 28.6 Å². The lowest BCUT2D eigenvalue weighted by Crippen LogP contribution is -2.45. The van der Waals surface area contributed by atoms with Gasteiger partial charge in [-0.1, -0.05) is 144 Å². The third-order valence-corrected chi connectivity index (χ3v) is 20.3. The van der Waals surface area contributed by atoms with Gasteiger partial charge in [0.25, 0.3) is 0 Å². The Morgan fingerprint density at radius 3 is 1.05 bits per heavy atom. The van der Waals surface area contributed by atoms with Crippen molar-refractivity contribution >= 4 is 17.7 Å². The summed E-state index contributed by atoms with van der Waals surface area (Å²) in [5.74, 6) is 5.77. The first kappa shape index (κ1) is 66.9. The van der Waals surface area contributed by atoms with Crippen LogP contribution in [0.5, 0.6) is 17.2 Å². The molecule has 0 N–H and O–H groups in total. The van der Waals surface area contributed by atoms with Crippen LogP contribution in [0, 0.1) is 38.5 Å². The zero-order valence-corrected chi connectivity index (χ0v) is 55.9. The normalized spacial score (nSPS) is 21.1. The number of nitrogens with zero attached hydrogens (tertiary/aromatic N) is 6. The highest BCUT2D eigenvalue weighted by atomic mass is 16.5. The zero-order valence-electron chi connectivity index (χ0n) is 55.9. The average molecular weight is 1230 g/mol. The number of hydrogen-bond acceptors (Lipinski definition) is 9.